The van der Waals surface area contributed by atoms with Crippen molar-refractivity contribution >= 4 is 39.1 Å². The lowest BCUT2D eigenvalue weighted by Gasteiger charge is -2.10. The molecule has 8 heteroatoms. The van der Waals surface area contributed by atoms with E-state index in [2.05, 4.69) is 41.5 Å². The molecule has 0 radical (unpaired) electrons. The summed E-state index contributed by atoms with van der Waals surface area (Å²) in [7, 11) is 0. The molecule has 0 bridgehead atoms. The fourth-order valence-corrected chi connectivity index (χ4v) is 2.73. The smallest absolute Gasteiger partial charge is 0.229 e. The second-order valence-corrected chi connectivity index (χ2v) is 6.80. The molecule has 2 N–H and O–H groups in total. The Morgan fingerprint density at radius 2 is 1.55 bits per heavy atom. The van der Waals surface area contributed by atoms with Crippen molar-refractivity contribution in [3.05, 3.63) is 89.4 Å². The molecule has 0 spiro atoms. The van der Waals surface area contributed by atoms with Gasteiger partial charge in [-0.1, -0.05) is 18.2 Å². The molecule has 0 saturated heterocycles. The number of para-hydroxylation sites is 1. The summed E-state index contributed by atoms with van der Waals surface area (Å²) in [6.07, 6.45) is 3.26. The van der Waals surface area contributed by atoms with Gasteiger partial charge in [0.05, 0.1) is 16.4 Å². The maximum atomic E-state index is 13.1. The van der Waals surface area contributed by atoms with E-state index in [-0.39, 0.29) is 5.82 Å². The Balaban J connectivity index is 1.45. The highest BCUT2D eigenvalue weighted by atomic mass is 79.9. The third kappa shape index (κ3) is 5.05. The van der Waals surface area contributed by atoms with Gasteiger partial charge in [-0.25, -0.2) is 14.4 Å². The number of rotatable bonds is 6. The number of halogens is 2. The zero-order valence-electron chi connectivity index (χ0n) is 15.0. The Morgan fingerprint density at radius 1 is 0.793 bits per heavy atom. The van der Waals surface area contributed by atoms with E-state index in [9.17, 15) is 4.39 Å². The van der Waals surface area contributed by atoms with Crippen LogP contribution in [0, 0.1) is 5.82 Å². The van der Waals surface area contributed by atoms with E-state index in [4.69, 9.17) is 4.74 Å². The van der Waals surface area contributed by atoms with Gasteiger partial charge in [0.2, 0.25) is 11.8 Å². The normalized spacial score (nSPS) is 10.4. The van der Waals surface area contributed by atoms with Crippen LogP contribution in [-0.2, 0) is 0 Å². The maximum Gasteiger partial charge on any atom is 0.229 e. The molecular weight excluding hydrogens is 437 g/mol. The van der Waals surface area contributed by atoms with Crippen molar-refractivity contribution in [1.82, 2.24) is 15.0 Å². The van der Waals surface area contributed by atoms with Crippen LogP contribution in [0.3, 0.4) is 0 Å². The average Bonchev–Trinajstić information content (AvgIpc) is 2.74. The van der Waals surface area contributed by atoms with Crippen molar-refractivity contribution < 1.29 is 9.13 Å². The summed E-state index contributed by atoms with van der Waals surface area (Å²) in [6, 6.07) is 19.0. The Bertz CT molecular complexity index is 1090. The Hall–Kier alpha value is -3.52. The minimum absolute atomic E-state index is 0.299. The van der Waals surface area contributed by atoms with Crippen LogP contribution in [0.4, 0.5) is 27.5 Å². The summed E-state index contributed by atoms with van der Waals surface area (Å²) in [5.74, 6) is 1.83. The number of nitrogens with one attached hydrogen (secondary N) is 2. The van der Waals surface area contributed by atoms with Crippen molar-refractivity contribution in [2.24, 2.45) is 0 Å². The molecule has 0 amide bonds. The van der Waals surface area contributed by atoms with Crippen molar-refractivity contribution in [2.75, 3.05) is 10.6 Å². The van der Waals surface area contributed by atoms with Gasteiger partial charge < -0.3 is 15.4 Å². The standard InChI is InChI=1S/C21H15BrFN5O/c22-18-13-25-21(28-20(18)26-15-8-6-14(23)7-9-15)27-16-10-11-19(24-12-16)29-17-4-2-1-3-5-17/h1-13H,(H2,25,26,27,28). The molecule has 4 aromatic rings. The molecule has 2 aromatic heterocycles. The van der Waals surface area contributed by atoms with Gasteiger partial charge in [-0.3, -0.25) is 0 Å². The van der Waals surface area contributed by atoms with E-state index in [1.54, 1.807) is 30.6 Å². The number of ether oxygens (including phenoxy) is 1. The van der Waals surface area contributed by atoms with Crippen molar-refractivity contribution in [3.8, 4) is 11.6 Å². The first-order valence-electron chi connectivity index (χ1n) is 8.67. The Labute approximate surface area is 175 Å². The molecule has 0 fully saturated rings. The third-order valence-electron chi connectivity index (χ3n) is 3.81. The van der Waals surface area contributed by atoms with Gasteiger partial charge in [-0.2, -0.15) is 4.98 Å². The van der Waals surface area contributed by atoms with Gasteiger partial charge in [0.25, 0.3) is 0 Å². The van der Waals surface area contributed by atoms with E-state index < -0.39 is 0 Å². The van der Waals surface area contributed by atoms with Crippen LogP contribution in [0.5, 0.6) is 11.6 Å². The monoisotopic (exact) mass is 451 g/mol. The quantitative estimate of drug-likeness (QED) is 0.371. The molecule has 29 heavy (non-hydrogen) atoms. The van der Waals surface area contributed by atoms with Crippen LogP contribution in [0.1, 0.15) is 0 Å². The van der Waals surface area contributed by atoms with Gasteiger partial charge >= 0.3 is 0 Å². The molecule has 0 aliphatic heterocycles. The number of aromatic nitrogens is 3. The first-order valence-corrected chi connectivity index (χ1v) is 9.46. The predicted molar refractivity (Wildman–Crippen MR) is 113 cm³/mol. The predicted octanol–water partition coefficient (Wildman–Crippen LogP) is 6.05. The fourth-order valence-electron chi connectivity index (χ4n) is 2.44. The van der Waals surface area contributed by atoms with Crippen LogP contribution in [0.15, 0.2) is 83.6 Å². The lowest BCUT2D eigenvalue weighted by Crippen LogP contribution is -2.02. The number of benzene rings is 2. The highest BCUT2D eigenvalue weighted by molar-refractivity contribution is 9.10. The van der Waals surface area contributed by atoms with E-state index in [0.29, 0.717) is 39.2 Å². The molecule has 0 aliphatic carbocycles. The lowest BCUT2D eigenvalue weighted by atomic mass is 10.3. The summed E-state index contributed by atoms with van der Waals surface area (Å²) < 4.78 is 19.4. The van der Waals surface area contributed by atoms with Gasteiger partial charge in [-0.15, -0.1) is 0 Å². The number of pyridine rings is 1. The van der Waals surface area contributed by atoms with E-state index in [1.165, 1.54) is 12.1 Å². The summed E-state index contributed by atoms with van der Waals surface area (Å²) in [4.78, 5) is 13.0. The molecular formula is C21H15BrFN5O. The summed E-state index contributed by atoms with van der Waals surface area (Å²) in [5.41, 5.74) is 1.42. The average molecular weight is 452 g/mol. The summed E-state index contributed by atoms with van der Waals surface area (Å²) in [5, 5.41) is 6.22. The van der Waals surface area contributed by atoms with Gasteiger partial charge in [-0.05, 0) is 58.4 Å². The van der Waals surface area contributed by atoms with E-state index in [1.807, 2.05) is 36.4 Å². The zero-order chi connectivity index (χ0) is 20.1. The van der Waals surface area contributed by atoms with Crippen LogP contribution < -0.4 is 15.4 Å². The van der Waals surface area contributed by atoms with Gasteiger partial charge in [0.15, 0.2) is 0 Å². The fraction of sp³-hybridized carbons (Fsp3) is 0. The second kappa shape index (κ2) is 8.66. The number of anilines is 4. The van der Waals surface area contributed by atoms with Crippen molar-refractivity contribution in [3.63, 3.8) is 0 Å². The maximum absolute atomic E-state index is 13.1. The molecule has 2 heterocycles. The van der Waals surface area contributed by atoms with Crippen molar-refractivity contribution in [1.29, 1.82) is 0 Å². The van der Waals surface area contributed by atoms with E-state index in [0.717, 1.165) is 0 Å². The van der Waals surface area contributed by atoms with Crippen LogP contribution in [-0.4, -0.2) is 15.0 Å². The first-order chi connectivity index (χ1) is 14.2. The highest BCUT2D eigenvalue weighted by Crippen LogP contribution is 2.26. The Morgan fingerprint density at radius 3 is 2.28 bits per heavy atom. The first kappa shape index (κ1) is 18.8. The largest absolute Gasteiger partial charge is 0.439 e. The minimum Gasteiger partial charge on any atom is -0.439 e. The van der Waals surface area contributed by atoms with Gasteiger partial charge in [0.1, 0.15) is 17.4 Å². The zero-order valence-corrected chi connectivity index (χ0v) is 16.6. The molecule has 2 aromatic carbocycles. The molecule has 0 aliphatic rings. The number of hydrogen-bond acceptors (Lipinski definition) is 6. The Kier molecular flexibility index (Phi) is 5.62. The van der Waals surface area contributed by atoms with Crippen LogP contribution in [0.25, 0.3) is 0 Å². The SMILES string of the molecule is Fc1ccc(Nc2nc(Nc3ccc(Oc4ccccc4)nc3)ncc2Br)cc1. The second-order valence-electron chi connectivity index (χ2n) is 5.95. The number of nitrogens with zero attached hydrogens (tertiary/aromatic N) is 3. The minimum atomic E-state index is -0.299. The third-order valence-corrected chi connectivity index (χ3v) is 4.39. The van der Waals surface area contributed by atoms with Crippen LogP contribution in [0.2, 0.25) is 0 Å². The van der Waals surface area contributed by atoms with Gasteiger partial charge in [0, 0.05) is 18.0 Å². The van der Waals surface area contributed by atoms with Crippen molar-refractivity contribution in [2.45, 2.75) is 0 Å². The lowest BCUT2D eigenvalue weighted by molar-refractivity contribution is 0.463. The summed E-state index contributed by atoms with van der Waals surface area (Å²) in [6.45, 7) is 0. The molecule has 0 atom stereocenters. The molecule has 0 unspecified atom stereocenters. The van der Waals surface area contributed by atoms with Crippen LogP contribution >= 0.6 is 15.9 Å². The topological polar surface area (TPSA) is 72.0 Å². The molecule has 0 saturated carbocycles. The highest BCUT2D eigenvalue weighted by Gasteiger charge is 2.07. The van der Waals surface area contributed by atoms with E-state index >= 15 is 0 Å². The molecule has 4 rings (SSSR count). The summed E-state index contributed by atoms with van der Waals surface area (Å²) >= 11 is 3.41. The molecule has 6 nitrogen and oxygen atoms in total. The number of hydrogen-bond donors (Lipinski definition) is 2. The molecule has 144 valence electrons.